The lowest BCUT2D eigenvalue weighted by molar-refractivity contribution is 0.0657. The van der Waals surface area contributed by atoms with Crippen molar-refractivity contribution in [3.63, 3.8) is 0 Å². The number of amides is 1. The quantitative estimate of drug-likeness (QED) is 0.414. The molecule has 1 N–H and O–H groups in total. The SMILES string of the molecule is CN=C(NCCn1cc(C)cn1)N1CCN(C(=O)c2ccco2)CC1.I. The molecule has 0 aliphatic carbocycles. The molecule has 142 valence electrons. The smallest absolute Gasteiger partial charge is 0.289 e. The average molecular weight is 472 g/mol. The highest BCUT2D eigenvalue weighted by Gasteiger charge is 2.24. The third kappa shape index (κ3) is 4.99. The van der Waals surface area contributed by atoms with Crippen LogP contribution in [0.25, 0.3) is 0 Å². The van der Waals surface area contributed by atoms with Gasteiger partial charge in [-0.15, -0.1) is 24.0 Å². The summed E-state index contributed by atoms with van der Waals surface area (Å²) < 4.78 is 7.10. The van der Waals surface area contributed by atoms with Gasteiger partial charge in [-0.25, -0.2) is 0 Å². The fourth-order valence-electron chi connectivity index (χ4n) is 2.88. The fraction of sp³-hybridized carbons (Fsp3) is 0.471. The molecule has 3 rings (SSSR count). The highest BCUT2D eigenvalue weighted by Crippen LogP contribution is 2.09. The summed E-state index contributed by atoms with van der Waals surface area (Å²) in [7, 11) is 1.78. The first-order chi connectivity index (χ1) is 12.2. The second-order valence-electron chi connectivity index (χ2n) is 6.01. The summed E-state index contributed by atoms with van der Waals surface area (Å²) >= 11 is 0. The maximum absolute atomic E-state index is 12.3. The Morgan fingerprint density at radius 3 is 2.62 bits per heavy atom. The van der Waals surface area contributed by atoms with Gasteiger partial charge >= 0.3 is 0 Å². The number of nitrogens with one attached hydrogen (secondary N) is 1. The molecular weight excluding hydrogens is 447 g/mol. The van der Waals surface area contributed by atoms with Gasteiger partial charge in [-0.05, 0) is 24.6 Å². The van der Waals surface area contributed by atoms with Crippen molar-refractivity contribution in [3.05, 3.63) is 42.1 Å². The van der Waals surface area contributed by atoms with Crippen LogP contribution in [-0.4, -0.2) is 71.2 Å². The largest absolute Gasteiger partial charge is 0.459 e. The molecule has 3 heterocycles. The van der Waals surface area contributed by atoms with E-state index >= 15 is 0 Å². The van der Waals surface area contributed by atoms with Crippen LogP contribution in [0.4, 0.5) is 0 Å². The predicted molar refractivity (Wildman–Crippen MR) is 110 cm³/mol. The zero-order chi connectivity index (χ0) is 17.6. The average Bonchev–Trinajstić information content (AvgIpc) is 3.30. The zero-order valence-electron chi connectivity index (χ0n) is 15.1. The van der Waals surface area contributed by atoms with E-state index in [-0.39, 0.29) is 29.9 Å². The minimum Gasteiger partial charge on any atom is -0.459 e. The lowest BCUT2D eigenvalue weighted by Crippen LogP contribution is -2.54. The number of rotatable bonds is 4. The molecule has 2 aromatic rings. The first-order valence-corrected chi connectivity index (χ1v) is 8.45. The number of furan rings is 1. The third-order valence-electron chi connectivity index (χ3n) is 4.20. The van der Waals surface area contributed by atoms with Crippen LogP contribution in [0, 0.1) is 6.92 Å². The molecule has 9 heteroatoms. The summed E-state index contributed by atoms with van der Waals surface area (Å²) in [5.74, 6) is 1.20. The number of aromatic nitrogens is 2. The minimum absolute atomic E-state index is 0. The summed E-state index contributed by atoms with van der Waals surface area (Å²) in [6.07, 6.45) is 5.39. The molecule has 1 aliphatic heterocycles. The van der Waals surface area contributed by atoms with Crippen LogP contribution in [0.15, 0.2) is 40.2 Å². The van der Waals surface area contributed by atoms with E-state index in [0.717, 1.165) is 37.7 Å². The van der Waals surface area contributed by atoms with Gasteiger partial charge in [0.25, 0.3) is 5.91 Å². The minimum atomic E-state index is -0.0540. The number of hydrogen-bond donors (Lipinski definition) is 1. The monoisotopic (exact) mass is 472 g/mol. The second kappa shape index (κ2) is 9.60. The number of halogens is 1. The number of guanidine groups is 1. The molecule has 1 amide bonds. The van der Waals surface area contributed by atoms with Crippen molar-refractivity contribution >= 4 is 35.8 Å². The Bertz CT molecular complexity index is 719. The Morgan fingerprint density at radius 1 is 1.31 bits per heavy atom. The van der Waals surface area contributed by atoms with Crippen molar-refractivity contribution in [2.24, 2.45) is 4.99 Å². The molecule has 0 radical (unpaired) electrons. The maximum atomic E-state index is 12.3. The molecule has 0 atom stereocenters. The van der Waals surface area contributed by atoms with Gasteiger partial charge in [0.05, 0.1) is 19.0 Å². The zero-order valence-corrected chi connectivity index (χ0v) is 17.4. The molecular formula is C17H25IN6O2. The van der Waals surface area contributed by atoms with Crippen molar-refractivity contribution in [1.29, 1.82) is 0 Å². The van der Waals surface area contributed by atoms with Crippen LogP contribution in [0.2, 0.25) is 0 Å². The first-order valence-electron chi connectivity index (χ1n) is 8.45. The molecule has 1 fully saturated rings. The lowest BCUT2D eigenvalue weighted by Gasteiger charge is -2.36. The summed E-state index contributed by atoms with van der Waals surface area (Å²) in [5, 5.41) is 7.64. The maximum Gasteiger partial charge on any atom is 0.289 e. The van der Waals surface area contributed by atoms with Crippen LogP contribution in [-0.2, 0) is 6.54 Å². The van der Waals surface area contributed by atoms with E-state index in [9.17, 15) is 4.79 Å². The molecule has 0 bridgehead atoms. The standard InChI is InChI=1S/C17H24N6O2.HI/c1-14-12-20-23(13-14)6-5-19-17(18-2)22-9-7-21(8-10-22)16(24)15-4-3-11-25-15;/h3-4,11-13H,5-10H2,1-2H3,(H,18,19);1H. The van der Waals surface area contributed by atoms with E-state index < -0.39 is 0 Å². The Hall–Kier alpha value is -2.04. The Morgan fingerprint density at radius 2 is 2.04 bits per heavy atom. The van der Waals surface area contributed by atoms with E-state index in [1.165, 1.54) is 6.26 Å². The number of aliphatic imine (C=N–C) groups is 1. The van der Waals surface area contributed by atoms with Crippen LogP contribution >= 0.6 is 24.0 Å². The topological polar surface area (TPSA) is 78.9 Å². The fourth-order valence-corrected chi connectivity index (χ4v) is 2.88. The molecule has 0 aromatic carbocycles. The number of piperazine rings is 1. The molecule has 0 spiro atoms. The highest BCUT2D eigenvalue weighted by molar-refractivity contribution is 14.0. The molecule has 8 nitrogen and oxygen atoms in total. The Labute approximate surface area is 170 Å². The van der Waals surface area contributed by atoms with E-state index in [4.69, 9.17) is 4.42 Å². The molecule has 2 aromatic heterocycles. The van der Waals surface area contributed by atoms with Crippen LogP contribution in [0.3, 0.4) is 0 Å². The van der Waals surface area contributed by atoms with Crippen molar-refractivity contribution in [3.8, 4) is 0 Å². The molecule has 1 saturated heterocycles. The third-order valence-corrected chi connectivity index (χ3v) is 4.20. The number of carbonyl (C=O) groups excluding carboxylic acids is 1. The van der Waals surface area contributed by atoms with Gasteiger partial charge in [-0.2, -0.15) is 5.10 Å². The molecule has 1 aliphatic rings. The number of nitrogens with zero attached hydrogens (tertiary/aromatic N) is 5. The van der Waals surface area contributed by atoms with Crippen molar-refractivity contribution in [1.82, 2.24) is 24.9 Å². The summed E-state index contributed by atoms with van der Waals surface area (Å²) in [6, 6.07) is 3.43. The molecule has 26 heavy (non-hydrogen) atoms. The summed E-state index contributed by atoms with van der Waals surface area (Å²) in [4.78, 5) is 20.6. The molecule has 0 unspecified atom stereocenters. The van der Waals surface area contributed by atoms with Crippen molar-refractivity contribution < 1.29 is 9.21 Å². The van der Waals surface area contributed by atoms with Gasteiger partial charge in [0.1, 0.15) is 0 Å². The van der Waals surface area contributed by atoms with Crippen LogP contribution in [0.1, 0.15) is 16.1 Å². The lowest BCUT2D eigenvalue weighted by atomic mass is 10.3. The van der Waals surface area contributed by atoms with Gasteiger partial charge in [-0.1, -0.05) is 0 Å². The predicted octanol–water partition coefficient (Wildman–Crippen LogP) is 1.44. The van der Waals surface area contributed by atoms with Gasteiger partial charge < -0.3 is 19.5 Å². The van der Waals surface area contributed by atoms with E-state index in [0.29, 0.717) is 18.8 Å². The van der Waals surface area contributed by atoms with Gasteiger partial charge in [0, 0.05) is 46.0 Å². The van der Waals surface area contributed by atoms with Gasteiger partial charge in [0.2, 0.25) is 0 Å². The Kier molecular flexibility index (Phi) is 7.49. The number of carbonyl (C=O) groups is 1. The van der Waals surface area contributed by atoms with E-state index in [1.807, 2.05) is 28.9 Å². The van der Waals surface area contributed by atoms with Gasteiger partial charge in [0.15, 0.2) is 11.7 Å². The Balaban J connectivity index is 0.00000243. The van der Waals surface area contributed by atoms with E-state index in [1.54, 1.807) is 19.2 Å². The summed E-state index contributed by atoms with van der Waals surface area (Å²) in [5.41, 5.74) is 1.15. The van der Waals surface area contributed by atoms with Crippen LogP contribution in [0.5, 0.6) is 0 Å². The normalized spacial score (nSPS) is 14.9. The first kappa shape index (κ1) is 20.3. The molecule has 0 saturated carbocycles. The summed E-state index contributed by atoms with van der Waals surface area (Å²) in [6.45, 7) is 6.35. The van der Waals surface area contributed by atoms with Crippen LogP contribution < -0.4 is 5.32 Å². The highest BCUT2D eigenvalue weighted by atomic mass is 127. The number of hydrogen-bond acceptors (Lipinski definition) is 4. The van der Waals surface area contributed by atoms with E-state index in [2.05, 4.69) is 20.3 Å². The second-order valence-corrected chi connectivity index (χ2v) is 6.01. The number of aryl methyl sites for hydroxylation is 1. The van der Waals surface area contributed by atoms with Crippen molar-refractivity contribution in [2.75, 3.05) is 39.8 Å². The van der Waals surface area contributed by atoms with Gasteiger partial charge in [-0.3, -0.25) is 14.5 Å². The van der Waals surface area contributed by atoms with Crippen molar-refractivity contribution in [2.45, 2.75) is 13.5 Å².